The maximum absolute atomic E-state index is 10.3. The highest BCUT2D eigenvalue weighted by molar-refractivity contribution is 5.24. The molecular formula is C16H24O. The minimum absolute atomic E-state index is 0.238. The summed E-state index contributed by atoms with van der Waals surface area (Å²) < 4.78 is 0. The van der Waals surface area contributed by atoms with Gasteiger partial charge in [0.05, 0.1) is 6.10 Å². The first-order chi connectivity index (χ1) is 8.31. The molecule has 0 spiro atoms. The molecule has 0 bridgehead atoms. The lowest BCUT2D eigenvalue weighted by Crippen LogP contribution is -2.08. The lowest BCUT2D eigenvalue weighted by atomic mass is 9.93. The monoisotopic (exact) mass is 232 g/mol. The number of aryl methyl sites for hydroxylation is 1. The van der Waals surface area contributed by atoms with Gasteiger partial charge < -0.3 is 5.11 Å². The van der Waals surface area contributed by atoms with E-state index in [0.29, 0.717) is 5.92 Å². The molecule has 1 fully saturated rings. The van der Waals surface area contributed by atoms with E-state index in [1.165, 1.54) is 44.1 Å². The van der Waals surface area contributed by atoms with E-state index in [4.69, 9.17) is 0 Å². The van der Waals surface area contributed by atoms with E-state index in [9.17, 15) is 5.11 Å². The molecule has 1 N–H and O–H groups in total. The minimum atomic E-state index is -0.238. The van der Waals surface area contributed by atoms with Gasteiger partial charge in [0.1, 0.15) is 0 Å². The average molecular weight is 232 g/mol. The molecule has 1 aliphatic rings. The van der Waals surface area contributed by atoms with Crippen LogP contribution in [0.4, 0.5) is 0 Å². The molecule has 1 saturated carbocycles. The number of unbranched alkanes of at least 4 members (excludes halogenated alkanes) is 1. The first-order valence-corrected chi connectivity index (χ1v) is 7.08. The van der Waals surface area contributed by atoms with Crippen LogP contribution in [0.1, 0.15) is 62.7 Å². The highest BCUT2D eigenvalue weighted by atomic mass is 16.3. The van der Waals surface area contributed by atoms with Crippen molar-refractivity contribution in [2.24, 2.45) is 5.92 Å². The fraction of sp³-hybridized carbons (Fsp3) is 0.625. The van der Waals surface area contributed by atoms with E-state index in [2.05, 4.69) is 31.2 Å². The first-order valence-electron chi connectivity index (χ1n) is 7.08. The van der Waals surface area contributed by atoms with E-state index in [-0.39, 0.29) is 6.10 Å². The van der Waals surface area contributed by atoms with Crippen molar-refractivity contribution < 1.29 is 5.11 Å². The van der Waals surface area contributed by atoms with Crippen molar-refractivity contribution in [3.63, 3.8) is 0 Å². The zero-order chi connectivity index (χ0) is 12.1. The Labute approximate surface area is 105 Å². The number of rotatable bonds is 5. The summed E-state index contributed by atoms with van der Waals surface area (Å²) in [6.07, 6.45) is 8.38. The molecule has 0 heterocycles. The smallest absolute Gasteiger partial charge is 0.0818 e. The van der Waals surface area contributed by atoms with Gasteiger partial charge in [0, 0.05) is 0 Å². The van der Waals surface area contributed by atoms with Crippen LogP contribution >= 0.6 is 0 Å². The quantitative estimate of drug-likeness (QED) is 0.804. The Balaban J connectivity index is 1.96. The molecule has 1 heteroatoms. The van der Waals surface area contributed by atoms with Gasteiger partial charge in [0.25, 0.3) is 0 Å². The SMILES string of the molecule is CCCCc1ccc(C(O)C2CCCC2)cc1. The Bertz CT molecular complexity index is 322. The molecule has 0 amide bonds. The summed E-state index contributed by atoms with van der Waals surface area (Å²) in [5, 5.41) is 10.3. The van der Waals surface area contributed by atoms with Gasteiger partial charge in [-0.3, -0.25) is 0 Å². The van der Waals surface area contributed by atoms with Crippen LogP contribution in [0.15, 0.2) is 24.3 Å². The summed E-state index contributed by atoms with van der Waals surface area (Å²) in [6, 6.07) is 8.61. The van der Waals surface area contributed by atoms with E-state index in [1.54, 1.807) is 0 Å². The van der Waals surface area contributed by atoms with E-state index >= 15 is 0 Å². The first kappa shape index (κ1) is 12.6. The van der Waals surface area contributed by atoms with Gasteiger partial charge in [-0.1, -0.05) is 50.5 Å². The number of aliphatic hydroxyl groups is 1. The van der Waals surface area contributed by atoms with Crippen LogP contribution in [0.2, 0.25) is 0 Å². The standard InChI is InChI=1S/C16H24O/c1-2-3-6-13-9-11-15(12-10-13)16(17)14-7-4-5-8-14/h9-12,14,16-17H,2-8H2,1H3. The Morgan fingerprint density at radius 1 is 1.18 bits per heavy atom. The topological polar surface area (TPSA) is 20.2 Å². The van der Waals surface area contributed by atoms with Crippen LogP contribution in [0.25, 0.3) is 0 Å². The maximum Gasteiger partial charge on any atom is 0.0818 e. The normalized spacial score (nSPS) is 18.5. The van der Waals surface area contributed by atoms with Crippen molar-refractivity contribution in [1.29, 1.82) is 0 Å². The van der Waals surface area contributed by atoms with Crippen LogP contribution in [-0.2, 0) is 6.42 Å². The second kappa shape index (κ2) is 6.20. The molecule has 1 aromatic carbocycles. The van der Waals surface area contributed by atoms with Gasteiger partial charge in [-0.15, -0.1) is 0 Å². The Morgan fingerprint density at radius 3 is 2.41 bits per heavy atom. The number of aliphatic hydroxyl groups excluding tert-OH is 1. The molecule has 1 atom stereocenters. The zero-order valence-corrected chi connectivity index (χ0v) is 10.9. The molecule has 0 aliphatic heterocycles. The largest absolute Gasteiger partial charge is 0.388 e. The van der Waals surface area contributed by atoms with Gasteiger partial charge in [-0.2, -0.15) is 0 Å². The third-order valence-electron chi connectivity index (χ3n) is 3.99. The Kier molecular flexibility index (Phi) is 4.61. The summed E-state index contributed by atoms with van der Waals surface area (Å²) >= 11 is 0. The molecule has 1 nitrogen and oxygen atoms in total. The fourth-order valence-corrected chi connectivity index (χ4v) is 2.81. The summed E-state index contributed by atoms with van der Waals surface area (Å²) in [5.74, 6) is 0.497. The predicted octanol–water partition coefficient (Wildman–Crippen LogP) is 4.25. The molecular weight excluding hydrogens is 208 g/mol. The second-order valence-corrected chi connectivity index (χ2v) is 5.33. The molecule has 1 aromatic rings. The van der Waals surface area contributed by atoms with Gasteiger partial charge in [-0.05, 0) is 42.7 Å². The maximum atomic E-state index is 10.3. The Morgan fingerprint density at radius 2 is 1.82 bits per heavy atom. The molecule has 0 aromatic heterocycles. The fourth-order valence-electron chi connectivity index (χ4n) is 2.81. The molecule has 1 unspecified atom stereocenters. The summed E-state index contributed by atoms with van der Waals surface area (Å²) in [5.41, 5.74) is 2.51. The highest BCUT2D eigenvalue weighted by Crippen LogP contribution is 2.35. The van der Waals surface area contributed by atoms with E-state index < -0.39 is 0 Å². The van der Waals surface area contributed by atoms with Crippen molar-refractivity contribution in [2.75, 3.05) is 0 Å². The summed E-state index contributed by atoms with van der Waals surface area (Å²) in [7, 11) is 0. The molecule has 1 aliphatic carbocycles. The predicted molar refractivity (Wildman–Crippen MR) is 72.0 cm³/mol. The van der Waals surface area contributed by atoms with Crippen LogP contribution in [0.5, 0.6) is 0 Å². The van der Waals surface area contributed by atoms with Crippen molar-refractivity contribution >= 4 is 0 Å². The van der Waals surface area contributed by atoms with Crippen LogP contribution < -0.4 is 0 Å². The van der Waals surface area contributed by atoms with Crippen molar-refractivity contribution in [1.82, 2.24) is 0 Å². The summed E-state index contributed by atoms with van der Waals surface area (Å²) in [6.45, 7) is 2.22. The molecule has 94 valence electrons. The van der Waals surface area contributed by atoms with Gasteiger partial charge in [0.2, 0.25) is 0 Å². The molecule has 0 radical (unpaired) electrons. The minimum Gasteiger partial charge on any atom is -0.388 e. The second-order valence-electron chi connectivity index (χ2n) is 5.33. The number of benzene rings is 1. The van der Waals surface area contributed by atoms with Crippen LogP contribution in [0.3, 0.4) is 0 Å². The van der Waals surface area contributed by atoms with Crippen LogP contribution in [-0.4, -0.2) is 5.11 Å². The average Bonchev–Trinajstić information content (AvgIpc) is 2.90. The number of hydrogen-bond acceptors (Lipinski definition) is 1. The molecule has 17 heavy (non-hydrogen) atoms. The van der Waals surface area contributed by atoms with Crippen molar-refractivity contribution in [3.8, 4) is 0 Å². The molecule has 0 saturated heterocycles. The van der Waals surface area contributed by atoms with Gasteiger partial charge >= 0.3 is 0 Å². The van der Waals surface area contributed by atoms with Crippen molar-refractivity contribution in [2.45, 2.75) is 58.0 Å². The third kappa shape index (κ3) is 3.32. The van der Waals surface area contributed by atoms with Crippen LogP contribution in [0, 0.1) is 5.92 Å². The lowest BCUT2D eigenvalue weighted by Gasteiger charge is -2.18. The highest BCUT2D eigenvalue weighted by Gasteiger charge is 2.24. The van der Waals surface area contributed by atoms with E-state index in [1.807, 2.05) is 0 Å². The third-order valence-corrected chi connectivity index (χ3v) is 3.99. The summed E-state index contributed by atoms with van der Waals surface area (Å²) in [4.78, 5) is 0. The van der Waals surface area contributed by atoms with Crippen molar-refractivity contribution in [3.05, 3.63) is 35.4 Å². The Hall–Kier alpha value is -0.820. The molecule has 2 rings (SSSR count). The zero-order valence-electron chi connectivity index (χ0n) is 10.9. The lowest BCUT2D eigenvalue weighted by molar-refractivity contribution is 0.111. The van der Waals surface area contributed by atoms with E-state index in [0.717, 1.165) is 12.0 Å². The van der Waals surface area contributed by atoms with Gasteiger partial charge in [-0.25, -0.2) is 0 Å². The number of hydrogen-bond donors (Lipinski definition) is 1. The van der Waals surface area contributed by atoms with Gasteiger partial charge in [0.15, 0.2) is 0 Å².